The van der Waals surface area contributed by atoms with E-state index >= 15 is 0 Å². The van der Waals surface area contributed by atoms with Crippen LogP contribution in [0, 0.1) is 11.8 Å². The van der Waals surface area contributed by atoms with Crippen LogP contribution in [0.2, 0.25) is 0 Å². The molecule has 6 nitrogen and oxygen atoms in total. The number of carboxylic acid groups (broad SMARTS) is 1. The van der Waals surface area contributed by atoms with Gasteiger partial charge in [-0.15, -0.1) is 0 Å². The van der Waals surface area contributed by atoms with E-state index in [9.17, 15) is 14.4 Å². The standard InChI is InChI=1S/C14H26N2O4/c1-9(2)5-6-11(4)15-14(20)16-12(17)7-10(3)8-13(18)19/h9-11H,5-8H2,1-4H3,(H,18,19)(H2,15,16,17,20). The fourth-order valence-corrected chi connectivity index (χ4v) is 1.78. The number of amides is 3. The van der Waals surface area contributed by atoms with Crippen molar-refractivity contribution in [1.82, 2.24) is 10.6 Å². The van der Waals surface area contributed by atoms with Crippen molar-refractivity contribution in [2.75, 3.05) is 0 Å². The predicted molar refractivity (Wildman–Crippen MR) is 76.2 cm³/mol. The molecule has 3 amide bonds. The van der Waals surface area contributed by atoms with E-state index in [-0.39, 0.29) is 24.8 Å². The van der Waals surface area contributed by atoms with Gasteiger partial charge in [-0.2, -0.15) is 0 Å². The highest BCUT2D eigenvalue weighted by molar-refractivity contribution is 5.94. The van der Waals surface area contributed by atoms with Crippen molar-refractivity contribution in [3.05, 3.63) is 0 Å². The molecule has 0 aliphatic heterocycles. The number of carbonyl (C=O) groups is 3. The predicted octanol–water partition coefficient (Wildman–Crippen LogP) is 2.14. The zero-order chi connectivity index (χ0) is 15.7. The van der Waals surface area contributed by atoms with Crippen LogP contribution in [0.5, 0.6) is 0 Å². The Labute approximate surface area is 120 Å². The molecule has 0 aliphatic rings. The molecule has 0 radical (unpaired) electrons. The smallest absolute Gasteiger partial charge is 0.321 e. The number of carboxylic acids is 1. The third-order valence-electron chi connectivity index (χ3n) is 2.86. The quantitative estimate of drug-likeness (QED) is 0.637. The van der Waals surface area contributed by atoms with Crippen LogP contribution in [0.3, 0.4) is 0 Å². The zero-order valence-corrected chi connectivity index (χ0v) is 12.7. The largest absolute Gasteiger partial charge is 0.481 e. The van der Waals surface area contributed by atoms with E-state index in [0.29, 0.717) is 5.92 Å². The van der Waals surface area contributed by atoms with Crippen molar-refractivity contribution in [3.8, 4) is 0 Å². The Morgan fingerprint density at radius 3 is 2.10 bits per heavy atom. The zero-order valence-electron chi connectivity index (χ0n) is 12.7. The number of nitrogens with one attached hydrogen (secondary N) is 2. The minimum Gasteiger partial charge on any atom is -0.481 e. The van der Waals surface area contributed by atoms with Crippen molar-refractivity contribution in [1.29, 1.82) is 0 Å². The van der Waals surface area contributed by atoms with Crippen molar-refractivity contribution >= 4 is 17.9 Å². The number of hydrogen-bond acceptors (Lipinski definition) is 3. The molecule has 0 aromatic carbocycles. The van der Waals surface area contributed by atoms with E-state index < -0.39 is 17.9 Å². The monoisotopic (exact) mass is 286 g/mol. The molecule has 0 fully saturated rings. The molecule has 0 saturated heterocycles. The van der Waals surface area contributed by atoms with Crippen LogP contribution in [0.1, 0.15) is 53.4 Å². The molecule has 3 N–H and O–H groups in total. The minimum absolute atomic E-state index is 0.00152. The molecule has 116 valence electrons. The summed E-state index contributed by atoms with van der Waals surface area (Å²) in [5, 5.41) is 13.5. The molecule has 6 heteroatoms. The first kappa shape index (κ1) is 18.4. The number of aliphatic carboxylic acids is 1. The third kappa shape index (κ3) is 10.3. The number of rotatable bonds is 8. The van der Waals surface area contributed by atoms with Gasteiger partial charge >= 0.3 is 12.0 Å². The first-order valence-corrected chi connectivity index (χ1v) is 7.02. The summed E-state index contributed by atoms with van der Waals surface area (Å²) >= 11 is 0. The number of carbonyl (C=O) groups excluding carboxylic acids is 2. The Balaban J connectivity index is 3.95. The highest BCUT2D eigenvalue weighted by Gasteiger charge is 2.15. The maximum atomic E-state index is 11.6. The van der Waals surface area contributed by atoms with Crippen molar-refractivity contribution in [2.24, 2.45) is 11.8 Å². The molecule has 0 spiro atoms. The maximum Gasteiger partial charge on any atom is 0.321 e. The summed E-state index contributed by atoms with van der Waals surface area (Å²) in [6, 6.07) is -0.518. The second-order valence-corrected chi connectivity index (χ2v) is 5.80. The average molecular weight is 286 g/mol. The summed E-state index contributed by atoms with van der Waals surface area (Å²) < 4.78 is 0. The Morgan fingerprint density at radius 2 is 1.60 bits per heavy atom. The van der Waals surface area contributed by atoms with Gasteiger partial charge < -0.3 is 10.4 Å². The lowest BCUT2D eigenvalue weighted by Crippen LogP contribution is -2.43. The summed E-state index contributed by atoms with van der Waals surface area (Å²) in [5.41, 5.74) is 0. The Hall–Kier alpha value is -1.59. The van der Waals surface area contributed by atoms with Crippen LogP contribution in [0.15, 0.2) is 0 Å². The normalized spacial score (nSPS) is 13.7. The highest BCUT2D eigenvalue weighted by atomic mass is 16.4. The van der Waals surface area contributed by atoms with E-state index in [4.69, 9.17) is 5.11 Å². The fraction of sp³-hybridized carbons (Fsp3) is 0.786. The van der Waals surface area contributed by atoms with Gasteiger partial charge in [0.1, 0.15) is 0 Å². The molecule has 0 aliphatic carbocycles. The van der Waals surface area contributed by atoms with Gasteiger partial charge in [-0.25, -0.2) is 4.79 Å². The van der Waals surface area contributed by atoms with Crippen LogP contribution in [0.25, 0.3) is 0 Å². The van der Waals surface area contributed by atoms with Crippen LogP contribution in [0.4, 0.5) is 4.79 Å². The van der Waals surface area contributed by atoms with E-state index in [1.165, 1.54) is 0 Å². The topological polar surface area (TPSA) is 95.5 Å². The van der Waals surface area contributed by atoms with Crippen molar-refractivity contribution in [2.45, 2.75) is 59.4 Å². The van der Waals surface area contributed by atoms with Gasteiger partial charge in [0, 0.05) is 18.9 Å². The van der Waals surface area contributed by atoms with Gasteiger partial charge in [0.15, 0.2) is 0 Å². The van der Waals surface area contributed by atoms with Crippen LogP contribution >= 0.6 is 0 Å². The van der Waals surface area contributed by atoms with E-state index in [1.807, 2.05) is 6.92 Å². The van der Waals surface area contributed by atoms with Crippen LogP contribution in [-0.4, -0.2) is 29.1 Å². The molecule has 20 heavy (non-hydrogen) atoms. The lowest BCUT2D eigenvalue weighted by atomic mass is 10.0. The molecule has 0 saturated carbocycles. The molecular weight excluding hydrogens is 260 g/mol. The van der Waals surface area contributed by atoms with Gasteiger partial charge in [0.25, 0.3) is 0 Å². The van der Waals surface area contributed by atoms with Crippen molar-refractivity contribution in [3.63, 3.8) is 0 Å². The second-order valence-electron chi connectivity index (χ2n) is 5.80. The first-order valence-electron chi connectivity index (χ1n) is 7.02. The minimum atomic E-state index is -0.947. The lowest BCUT2D eigenvalue weighted by molar-refractivity contribution is -0.138. The summed E-state index contributed by atoms with van der Waals surface area (Å²) in [7, 11) is 0. The van der Waals surface area contributed by atoms with Gasteiger partial charge in [0.2, 0.25) is 5.91 Å². The third-order valence-corrected chi connectivity index (χ3v) is 2.86. The second kappa shape index (κ2) is 9.34. The van der Waals surface area contributed by atoms with Crippen molar-refractivity contribution < 1.29 is 19.5 Å². The van der Waals surface area contributed by atoms with Crippen LogP contribution < -0.4 is 10.6 Å². The van der Waals surface area contributed by atoms with Gasteiger partial charge in [-0.3, -0.25) is 14.9 Å². The molecule has 0 heterocycles. The molecular formula is C14H26N2O4. The maximum absolute atomic E-state index is 11.6. The summed E-state index contributed by atoms with van der Waals surface area (Å²) in [6.45, 7) is 7.77. The number of imide groups is 1. The Morgan fingerprint density at radius 1 is 1.00 bits per heavy atom. The van der Waals surface area contributed by atoms with Gasteiger partial charge in [-0.05, 0) is 31.6 Å². The molecule has 0 rings (SSSR count). The van der Waals surface area contributed by atoms with Crippen LogP contribution in [-0.2, 0) is 9.59 Å². The van der Waals surface area contributed by atoms with E-state index in [0.717, 1.165) is 12.8 Å². The summed E-state index contributed by atoms with van der Waals surface area (Å²) in [5.74, 6) is -1.12. The number of hydrogen-bond donors (Lipinski definition) is 3. The molecule has 0 aromatic heterocycles. The average Bonchev–Trinajstić information content (AvgIpc) is 2.24. The summed E-state index contributed by atoms with van der Waals surface area (Å²) in [4.78, 5) is 33.6. The summed E-state index contributed by atoms with van der Waals surface area (Å²) in [6.07, 6.45) is 1.81. The Bertz CT molecular complexity index is 342. The SMILES string of the molecule is CC(C)CCC(C)NC(=O)NC(=O)CC(C)CC(=O)O. The van der Waals surface area contributed by atoms with E-state index in [2.05, 4.69) is 24.5 Å². The van der Waals surface area contributed by atoms with E-state index in [1.54, 1.807) is 6.92 Å². The molecule has 0 aromatic rings. The molecule has 2 atom stereocenters. The highest BCUT2D eigenvalue weighted by Crippen LogP contribution is 2.07. The lowest BCUT2D eigenvalue weighted by Gasteiger charge is -2.15. The van der Waals surface area contributed by atoms with Gasteiger partial charge in [-0.1, -0.05) is 20.8 Å². The first-order chi connectivity index (χ1) is 9.20. The molecule has 0 bridgehead atoms. The molecule has 2 unspecified atom stereocenters. The number of urea groups is 1. The van der Waals surface area contributed by atoms with Gasteiger partial charge in [0.05, 0.1) is 0 Å². The Kier molecular flexibility index (Phi) is 8.59. The fourth-order valence-electron chi connectivity index (χ4n) is 1.78.